The van der Waals surface area contributed by atoms with E-state index < -0.39 is 5.97 Å². The van der Waals surface area contributed by atoms with Gasteiger partial charge in [0.15, 0.2) is 6.61 Å². The van der Waals surface area contributed by atoms with E-state index in [9.17, 15) is 9.59 Å². The number of hydrogen-bond donors (Lipinski definition) is 1. The molecule has 0 atom stereocenters. The van der Waals surface area contributed by atoms with Gasteiger partial charge in [0.25, 0.3) is 5.91 Å². The summed E-state index contributed by atoms with van der Waals surface area (Å²) in [5.41, 5.74) is 2.22. The molecule has 1 aliphatic heterocycles. The number of ether oxygens (including phenoxy) is 1. The SMILES string of the molecule is O=C(O)c1cccc(OCC(=O)N2CCc3ccccc32)c1. The molecule has 1 heterocycles. The molecule has 1 N–H and O–H groups in total. The Labute approximate surface area is 127 Å². The molecule has 2 aromatic carbocycles. The third kappa shape index (κ3) is 2.79. The topological polar surface area (TPSA) is 66.8 Å². The first-order valence-corrected chi connectivity index (χ1v) is 6.99. The number of rotatable bonds is 4. The van der Waals surface area contributed by atoms with Gasteiger partial charge in [-0.05, 0) is 36.2 Å². The van der Waals surface area contributed by atoms with E-state index in [-0.39, 0.29) is 18.1 Å². The number of anilines is 1. The first-order chi connectivity index (χ1) is 10.6. The Bertz CT molecular complexity index is 726. The number of benzene rings is 2. The van der Waals surface area contributed by atoms with Crippen LogP contribution in [-0.4, -0.2) is 30.1 Å². The maximum Gasteiger partial charge on any atom is 0.335 e. The summed E-state index contributed by atoms with van der Waals surface area (Å²) in [6.45, 7) is 0.536. The van der Waals surface area contributed by atoms with Crippen LogP contribution in [0.4, 0.5) is 5.69 Å². The molecule has 22 heavy (non-hydrogen) atoms. The number of carbonyl (C=O) groups excluding carboxylic acids is 1. The van der Waals surface area contributed by atoms with Crippen molar-refractivity contribution in [2.45, 2.75) is 6.42 Å². The highest BCUT2D eigenvalue weighted by atomic mass is 16.5. The zero-order valence-corrected chi connectivity index (χ0v) is 11.9. The van der Waals surface area contributed by atoms with Crippen LogP contribution in [0, 0.1) is 0 Å². The number of aromatic carboxylic acids is 1. The van der Waals surface area contributed by atoms with Crippen molar-refractivity contribution in [3.63, 3.8) is 0 Å². The van der Waals surface area contributed by atoms with Crippen molar-refractivity contribution in [3.8, 4) is 5.75 Å². The molecule has 0 saturated carbocycles. The average Bonchev–Trinajstić information content (AvgIpc) is 2.97. The lowest BCUT2D eigenvalue weighted by atomic mass is 10.2. The van der Waals surface area contributed by atoms with Crippen LogP contribution in [0.15, 0.2) is 48.5 Å². The van der Waals surface area contributed by atoms with E-state index >= 15 is 0 Å². The Morgan fingerprint density at radius 2 is 1.95 bits per heavy atom. The second-order valence-corrected chi connectivity index (χ2v) is 5.05. The largest absolute Gasteiger partial charge is 0.484 e. The van der Waals surface area contributed by atoms with Gasteiger partial charge in [-0.25, -0.2) is 4.79 Å². The Morgan fingerprint density at radius 3 is 2.77 bits per heavy atom. The highest BCUT2D eigenvalue weighted by Crippen LogP contribution is 2.27. The first-order valence-electron chi connectivity index (χ1n) is 6.99. The van der Waals surface area contributed by atoms with Crippen molar-refractivity contribution >= 4 is 17.6 Å². The van der Waals surface area contributed by atoms with Crippen LogP contribution < -0.4 is 9.64 Å². The maximum atomic E-state index is 12.3. The second kappa shape index (κ2) is 5.89. The lowest BCUT2D eigenvalue weighted by Gasteiger charge is -2.17. The number of fused-ring (bicyclic) bond motifs is 1. The molecule has 0 unspecified atom stereocenters. The van der Waals surface area contributed by atoms with Gasteiger partial charge in [0.2, 0.25) is 0 Å². The molecule has 0 aliphatic carbocycles. The van der Waals surface area contributed by atoms with Crippen LogP contribution in [0.2, 0.25) is 0 Å². The van der Waals surface area contributed by atoms with Gasteiger partial charge < -0.3 is 14.7 Å². The normalized spacial score (nSPS) is 12.8. The van der Waals surface area contributed by atoms with Gasteiger partial charge in [-0.3, -0.25) is 4.79 Å². The summed E-state index contributed by atoms with van der Waals surface area (Å²) in [5, 5.41) is 8.94. The number of nitrogens with zero attached hydrogens (tertiary/aromatic N) is 1. The van der Waals surface area contributed by atoms with Gasteiger partial charge in [0, 0.05) is 12.2 Å². The lowest BCUT2D eigenvalue weighted by molar-refractivity contribution is -0.120. The van der Waals surface area contributed by atoms with E-state index in [4.69, 9.17) is 9.84 Å². The third-order valence-corrected chi connectivity index (χ3v) is 3.63. The molecular formula is C17H15NO4. The second-order valence-electron chi connectivity index (χ2n) is 5.05. The zero-order valence-electron chi connectivity index (χ0n) is 11.9. The molecule has 5 nitrogen and oxygen atoms in total. The van der Waals surface area contributed by atoms with E-state index in [0.29, 0.717) is 12.3 Å². The van der Waals surface area contributed by atoms with Crippen molar-refractivity contribution in [3.05, 3.63) is 59.7 Å². The van der Waals surface area contributed by atoms with Crippen LogP contribution in [0.5, 0.6) is 5.75 Å². The molecule has 2 aromatic rings. The van der Waals surface area contributed by atoms with Crippen molar-refractivity contribution in [1.82, 2.24) is 0 Å². The Kier molecular flexibility index (Phi) is 3.78. The molecule has 1 amide bonds. The van der Waals surface area contributed by atoms with Gasteiger partial charge in [0.1, 0.15) is 5.75 Å². The molecule has 0 fully saturated rings. The average molecular weight is 297 g/mol. The molecule has 0 bridgehead atoms. The van der Waals surface area contributed by atoms with Gasteiger partial charge in [-0.1, -0.05) is 24.3 Å². The number of carbonyl (C=O) groups is 2. The van der Waals surface area contributed by atoms with E-state index in [0.717, 1.165) is 17.7 Å². The van der Waals surface area contributed by atoms with Gasteiger partial charge in [-0.2, -0.15) is 0 Å². The Morgan fingerprint density at radius 1 is 1.14 bits per heavy atom. The first kappa shape index (κ1) is 14.1. The minimum atomic E-state index is -1.02. The van der Waals surface area contributed by atoms with Crippen molar-refractivity contribution < 1.29 is 19.4 Å². The van der Waals surface area contributed by atoms with Crippen molar-refractivity contribution in [2.75, 3.05) is 18.1 Å². The number of carboxylic acid groups (broad SMARTS) is 1. The zero-order chi connectivity index (χ0) is 15.5. The van der Waals surface area contributed by atoms with Gasteiger partial charge in [-0.15, -0.1) is 0 Å². The Hall–Kier alpha value is -2.82. The molecule has 0 spiro atoms. The van der Waals surface area contributed by atoms with Crippen LogP contribution in [0.1, 0.15) is 15.9 Å². The van der Waals surface area contributed by atoms with E-state index in [1.807, 2.05) is 24.3 Å². The maximum absolute atomic E-state index is 12.3. The summed E-state index contributed by atoms with van der Waals surface area (Å²) in [7, 11) is 0. The fraction of sp³-hybridized carbons (Fsp3) is 0.176. The standard InChI is InChI=1S/C17H15NO4/c19-16(18-9-8-12-4-1-2-7-15(12)18)11-22-14-6-3-5-13(10-14)17(20)21/h1-7,10H,8-9,11H2,(H,20,21). The molecule has 1 aliphatic rings. The van der Waals surface area contributed by atoms with E-state index in [1.165, 1.54) is 12.1 Å². The number of carboxylic acids is 1. The van der Waals surface area contributed by atoms with Crippen LogP contribution in [-0.2, 0) is 11.2 Å². The van der Waals surface area contributed by atoms with Gasteiger partial charge in [0.05, 0.1) is 5.56 Å². The summed E-state index contributed by atoms with van der Waals surface area (Å²) in [6.07, 6.45) is 0.844. The fourth-order valence-electron chi connectivity index (χ4n) is 2.54. The molecule has 5 heteroatoms. The summed E-state index contributed by atoms with van der Waals surface area (Å²) < 4.78 is 5.43. The molecule has 0 radical (unpaired) electrons. The minimum Gasteiger partial charge on any atom is -0.484 e. The van der Waals surface area contributed by atoms with E-state index in [1.54, 1.807) is 17.0 Å². The third-order valence-electron chi connectivity index (χ3n) is 3.63. The molecule has 3 rings (SSSR count). The molecule has 0 saturated heterocycles. The molecular weight excluding hydrogens is 282 g/mol. The smallest absolute Gasteiger partial charge is 0.335 e. The molecule has 0 aromatic heterocycles. The summed E-state index contributed by atoms with van der Waals surface area (Å²) >= 11 is 0. The highest BCUT2D eigenvalue weighted by molar-refractivity contribution is 5.96. The quantitative estimate of drug-likeness (QED) is 0.940. The Balaban J connectivity index is 1.66. The number of amides is 1. The number of hydrogen-bond acceptors (Lipinski definition) is 3. The van der Waals surface area contributed by atoms with Crippen molar-refractivity contribution in [2.24, 2.45) is 0 Å². The minimum absolute atomic E-state index is 0.114. The monoisotopic (exact) mass is 297 g/mol. The predicted molar refractivity (Wildman–Crippen MR) is 81.4 cm³/mol. The van der Waals surface area contributed by atoms with Crippen LogP contribution >= 0.6 is 0 Å². The lowest BCUT2D eigenvalue weighted by Crippen LogP contribution is -2.33. The van der Waals surface area contributed by atoms with Crippen LogP contribution in [0.3, 0.4) is 0 Å². The summed E-state index contributed by atoms with van der Waals surface area (Å²) in [5.74, 6) is -0.781. The fourth-order valence-corrected chi connectivity index (χ4v) is 2.54. The highest BCUT2D eigenvalue weighted by Gasteiger charge is 2.24. The molecule has 112 valence electrons. The summed E-state index contributed by atoms with van der Waals surface area (Å²) in [6, 6.07) is 13.9. The van der Waals surface area contributed by atoms with Gasteiger partial charge >= 0.3 is 5.97 Å². The van der Waals surface area contributed by atoms with E-state index in [2.05, 4.69) is 0 Å². The van der Waals surface area contributed by atoms with Crippen molar-refractivity contribution in [1.29, 1.82) is 0 Å². The number of para-hydroxylation sites is 1. The summed E-state index contributed by atoms with van der Waals surface area (Å²) in [4.78, 5) is 24.9. The predicted octanol–water partition coefficient (Wildman–Crippen LogP) is 2.35. The van der Waals surface area contributed by atoms with Crippen LogP contribution in [0.25, 0.3) is 0 Å².